The third-order valence-electron chi connectivity index (χ3n) is 4.84. The largest absolute Gasteiger partial charge is 0.573 e. The van der Waals surface area contributed by atoms with Crippen molar-refractivity contribution in [1.29, 1.82) is 0 Å². The maximum Gasteiger partial charge on any atom is 0.573 e. The van der Waals surface area contributed by atoms with Crippen molar-refractivity contribution in [3.8, 4) is 5.75 Å². The lowest BCUT2D eigenvalue weighted by Crippen LogP contribution is -2.20. The van der Waals surface area contributed by atoms with Crippen molar-refractivity contribution in [3.05, 3.63) is 23.8 Å². The molecule has 2 rings (SSSR count). The Labute approximate surface area is 152 Å². The van der Waals surface area contributed by atoms with E-state index in [9.17, 15) is 21.6 Å². The van der Waals surface area contributed by atoms with Crippen molar-refractivity contribution in [1.82, 2.24) is 0 Å². The minimum Gasteiger partial charge on any atom is -0.406 e. The highest BCUT2D eigenvalue weighted by molar-refractivity contribution is 7.91. The van der Waals surface area contributed by atoms with Crippen LogP contribution in [0.3, 0.4) is 0 Å². The molecule has 4 nitrogen and oxygen atoms in total. The molecule has 0 spiro atoms. The van der Waals surface area contributed by atoms with Gasteiger partial charge in [0.05, 0.1) is 10.6 Å². The van der Waals surface area contributed by atoms with Gasteiger partial charge in [-0.3, -0.25) is 0 Å². The number of ether oxygens (including phenoxy) is 1. The number of nitrogens with two attached hydrogens (primary N) is 1. The van der Waals surface area contributed by atoms with E-state index < -0.39 is 21.9 Å². The Morgan fingerprint density at radius 3 is 2.42 bits per heavy atom. The van der Waals surface area contributed by atoms with Crippen LogP contribution >= 0.6 is 0 Å². The summed E-state index contributed by atoms with van der Waals surface area (Å²) in [5, 5.41) is 0. The van der Waals surface area contributed by atoms with Gasteiger partial charge >= 0.3 is 6.36 Å². The highest BCUT2D eigenvalue weighted by Gasteiger charge is 2.32. The second kappa shape index (κ2) is 8.61. The molecule has 1 saturated carbocycles. The third-order valence-corrected chi connectivity index (χ3v) is 6.71. The van der Waals surface area contributed by atoms with Crippen molar-refractivity contribution < 1.29 is 26.3 Å². The molecule has 0 aromatic heterocycles. The van der Waals surface area contributed by atoms with Gasteiger partial charge in [-0.25, -0.2) is 8.42 Å². The predicted octanol–water partition coefficient (Wildman–Crippen LogP) is 4.39. The van der Waals surface area contributed by atoms with Gasteiger partial charge < -0.3 is 10.5 Å². The Hall–Kier alpha value is -1.28. The minimum absolute atomic E-state index is 0.0345. The Morgan fingerprint density at radius 1 is 1.19 bits per heavy atom. The van der Waals surface area contributed by atoms with Crippen molar-refractivity contribution >= 4 is 9.84 Å². The highest BCUT2D eigenvalue weighted by atomic mass is 32.2. The predicted molar refractivity (Wildman–Crippen MR) is 93.8 cm³/mol. The van der Waals surface area contributed by atoms with Crippen LogP contribution in [0.2, 0.25) is 0 Å². The maximum absolute atomic E-state index is 12.8. The Morgan fingerprint density at radius 2 is 1.85 bits per heavy atom. The number of hydrogen-bond donors (Lipinski definition) is 1. The van der Waals surface area contributed by atoms with Crippen molar-refractivity contribution in [2.24, 2.45) is 11.7 Å². The molecule has 0 radical (unpaired) electrons. The summed E-state index contributed by atoms with van der Waals surface area (Å²) >= 11 is 0. The zero-order chi connectivity index (χ0) is 19.4. The van der Waals surface area contributed by atoms with Crippen LogP contribution in [0, 0.1) is 5.92 Å². The summed E-state index contributed by atoms with van der Waals surface area (Å²) in [6.07, 6.45) is 0.444. The molecule has 0 amide bonds. The number of alkyl halides is 3. The molecule has 1 aromatic carbocycles. The molecular weight excluding hydrogens is 367 g/mol. The van der Waals surface area contributed by atoms with Gasteiger partial charge in [0.2, 0.25) is 0 Å². The molecule has 1 aliphatic carbocycles. The van der Waals surface area contributed by atoms with Crippen LogP contribution in [0.15, 0.2) is 23.1 Å². The van der Waals surface area contributed by atoms with Crippen molar-refractivity contribution in [2.45, 2.75) is 62.6 Å². The van der Waals surface area contributed by atoms with Gasteiger partial charge in [-0.05, 0) is 61.4 Å². The molecule has 26 heavy (non-hydrogen) atoms. The molecule has 1 unspecified atom stereocenters. The number of rotatable bonds is 7. The smallest absolute Gasteiger partial charge is 0.406 e. The molecule has 1 atom stereocenters. The fraction of sp³-hybridized carbons (Fsp3) is 0.667. The first kappa shape index (κ1) is 21.0. The molecule has 1 fully saturated rings. The molecule has 0 aliphatic heterocycles. The van der Waals surface area contributed by atoms with Gasteiger partial charge in [0.15, 0.2) is 9.84 Å². The zero-order valence-electron chi connectivity index (χ0n) is 14.9. The normalized spacial score (nSPS) is 17.9. The fourth-order valence-electron chi connectivity index (χ4n) is 3.43. The first-order valence-corrected chi connectivity index (χ1v) is 10.6. The van der Waals surface area contributed by atoms with Crippen LogP contribution in [0.25, 0.3) is 0 Å². The zero-order valence-corrected chi connectivity index (χ0v) is 15.7. The molecule has 0 saturated heterocycles. The molecule has 1 aliphatic rings. The number of hydrogen-bond acceptors (Lipinski definition) is 4. The van der Waals surface area contributed by atoms with E-state index in [-0.39, 0.29) is 22.5 Å². The quantitative estimate of drug-likeness (QED) is 0.746. The van der Waals surface area contributed by atoms with Crippen LogP contribution < -0.4 is 10.5 Å². The van der Waals surface area contributed by atoms with E-state index >= 15 is 0 Å². The minimum atomic E-state index is -4.87. The molecule has 8 heteroatoms. The van der Waals surface area contributed by atoms with Gasteiger partial charge in [-0.1, -0.05) is 26.2 Å². The molecule has 0 bridgehead atoms. The topological polar surface area (TPSA) is 69.4 Å². The summed E-state index contributed by atoms with van der Waals surface area (Å²) in [6, 6.07) is 3.68. The number of halogens is 3. The van der Waals surface area contributed by atoms with Gasteiger partial charge in [-0.15, -0.1) is 13.2 Å². The summed E-state index contributed by atoms with van der Waals surface area (Å²) in [6.45, 7) is 2.16. The van der Waals surface area contributed by atoms with E-state index in [4.69, 9.17) is 5.73 Å². The van der Waals surface area contributed by atoms with Crippen molar-refractivity contribution in [2.75, 3.05) is 12.3 Å². The second-order valence-corrected chi connectivity index (χ2v) is 9.08. The summed E-state index contributed by atoms with van der Waals surface area (Å²) in [7, 11) is -3.69. The first-order valence-electron chi connectivity index (χ1n) is 8.94. The van der Waals surface area contributed by atoms with Crippen LogP contribution in [-0.2, 0) is 9.84 Å². The lowest BCUT2D eigenvalue weighted by atomic mass is 9.91. The first-order chi connectivity index (χ1) is 12.1. The van der Waals surface area contributed by atoms with Gasteiger partial charge in [0.25, 0.3) is 0 Å². The van der Waals surface area contributed by atoms with E-state index in [1.165, 1.54) is 12.1 Å². The molecule has 1 aromatic rings. The van der Waals surface area contributed by atoms with Crippen LogP contribution in [0.4, 0.5) is 13.2 Å². The van der Waals surface area contributed by atoms with E-state index in [0.29, 0.717) is 18.5 Å². The number of benzene rings is 1. The molecule has 0 heterocycles. The molecular formula is C18H26F3NO3S. The average molecular weight is 393 g/mol. The van der Waals surface area contributed by atoms with Crippen LogP contribution in [0.1, 0.15) is 56.9 Å². The van der Waals surface area contributed by atoms with E-state index in [1.807, 2.05) is 0 Å². The monoisotopic (exact) mass is 393 g/mol. The average Bonchev–Trinajstić information content (AvgIpc) is 2.53. The third kappa shape index (κ3) is 6.16. The van der Waals surface area contributed by atoms with E-state index in [2.05, 4.69) is 4.74 Å². The molecule has 148 valence electrons. The Bertz CT molecular complexity index is 698. The summed E-state index contributed by atoms with van der Waals surface area (Å²) in [4.78, 5) is -0.108. The number of sulfone groups is 1. The van der Waals surface area contributed by atoms with Crippen LogP contribution in [-0.4, -0.2) is 27.1 Å². The highest BCUT2D eigenvalue weighted by Crippen LogP contribution is 2.33. The maximum atomic E-state index is 12.8. The Balaban J connectivity index is 2.34. The van der Waals surface area contributed by atoms with Gasteiger partial charge in [0, 0.05) is 0 Å². The Kier molecular flexibility index (Phi) is 6.96. The lowest BCUT2D eigenvalue weighted by molar-refractivity contribution is -0.274. The standard InChI is InChI=1S/C18H26F3NO3S/c1-13(7-8-22)15-9-16(25-18(19,20)21)11-17(10-15)26(23,24)12-14-5-3-2-4-6-14/h9-11,13-14H,2-8,12,22H2,1H3. The van der Waals surface area contributed by atoms with E-state index in [0.717, 1.165) is 38.2 Å². The summed E-state index contributed by atoms with van der Waals surface area (Å²) in [5.74, 6) is -0.639. The lowest BCUT2D eigenvalue weighted by Gasteiger charge is -2.22. The summed E-state index contributed by atoms with van der Waals surface area (Å²) < 4.78 is 67.5. The summed E-state index contributed by atoms with van der Waals surface area (Å²) in [5.41, 5.74) is 6.01. The van der Waals surface area contributed by atoms with Gasteiger partial charge in [-0.2, -0.15) is 0 Å². The fourth-order valence-corrected chi connectivity index (χ4v) is 5.19. The van der Waals surface area contributed by atoms with Crippen molar-refractivity contribution in [3.63, 3.8) is 0 Å². The van der Waals surface area contributed by atoms with Crippen LogP contribution in [0.5, 0.6) is 5.75 Å². The SMILES string of the molecule is CC(CCN)c1cc(OC(F)(F)F)cc(S(=O)(=O)CC2CCCCC2)c1. The molecule has 2 N–H and O–H groups in total. The van der Waals surface area contributed by atoms with E-state index in [1.54, 1.807) is 6.92 Å². The van der Waals surface area contributed by atoms with Gasteiger partial charge in [0.1, 0.15) is 5.75 Å². The second-order valence-electron chi connectivity index (χ2n) is 7.05.